The number of rotatable bonds is 9. The molecule has 178 valence electrons. The first-order chi connectivity index (χ1) is 16.7. The number of fused-ring (bicyclic) bond motifs is 1. The van der Waals surface area contributed by atoms with Crippen LogP contribution in [0.5, 0.6) is 11.5 Å². The predicted octanol–water partition coefficient (Wildman–Crippen LogP) is 4.50. The minimum Gasteiger partial charge on any atom is -0.494 e. The summed E-state index contributed by atoms with van der Waals surface area (Å²) in [4.78, 5) is 22.9. The van der Waals surface area contributed by atoms with Gasteiger partial charge in [0.25, 0.3) is 5.56 Å². The van der Waals surface area contributed by atoms with Crippen molar-refractivity contribution in [1.29, 1.82) is 0 Å². The molecule has 5 rings (SSSR count). The van der Waals surface area contributed by atoms with Crippen molar-refractivity contribution in [3.8, 4) is 21.9 Å². The zero-order valence-electron chi connectivity index (χ0n) is 19.1. The first-order valence-electron chi connectivity index (χ1n) is 11.4. The lowest BCUT2D eigenvalue weighted by atomic mass is 10.2. The molecule has 34 heavy (non-hydrogen) atoms. The van der Waals surface area contributed by atoms with Crippen LogP contribution in [0.4, 0.5) is 0 Å². The molecular weight excluding hydrogens is 470 g/mol. The van der Waals surface area contributed by atoms with Crippen LogP contribution in [0.25, 0.3) is 20.7 Å². The van der Waals surface area contributed by atoms with Gasteiger partial charge in [0.1, 0.15) is 28.8 Å². The van der Waals surface area contributed by atoms with Gasteiger partial charge in [-0.1, -0.05) is 6.07 Å². The molecule has 0 amide bonds. The number of nitrogens with zero attached hydrogens (tertiary/aromatic N) is 3. The minimum absolute atomic E-state index is 0.00629. The van der Waals surface area contributed by atoms with Crippen molar-refractivity contribution in [3.05, 3.63) is 63.3 Å². The Morgan fingerprint density at radius 1 is 1.06 bits per heavy atom. The average Bonchev–Trinajstić information content (AvgIpc) is 3.53. The van der Waals surface area contributed by atoms with Crippen molar-refractivity contribution in [2.75, 3.05) is 39.5 Å². The van der Waals surface area contributed by atoms with Gasteiger partial charge in [-0.05, 0) is 42.6 Å². The fourth-order valence-corrected chi connectivity index (χ4v) is 5.81. The Balaban J connectivity index is 1.43. The highest BCUT2D eigenvalue weighted by atomic mass is 32.1. The van der Waals surface area contributed by atoms with Crippen molar-refractivity contribution < 1.29 is 14.2 Å². The number of hydrogen-bond donors (Lipinski definition) is 0. The van der Waals surface area contributed by atoms with E-state index in [1.165, 1.54) is 11.3 Å². The van der Waals surface area contributed by atoms with E-state index in [4.69, 9.17) is 19.2 Å². The van der Waals surface area contributed by atoms with E-state index in [1.807, 2.05) is 54.1 Å². The first kappa shape index (κ1) is 23.0. The quantitative estimate of drug-likeness (QED) is 0.339. The molecule has 0 atom stereocenters. The molecule has 7 nitrogen and oxygen atoms in total. The summed E-state index contributed by atoms with van der Waals surface area (Å²) in [5, 5.41) is 4.77. The lowest BCUT2D eigenvalue weighted by Gasteiger charge is -2.27. The highest BCUT2D eigenvalue weighted by Crippen LogP contribution is 2.33. The van der Waals surface area contributed by atoms with Gasteiger partial charge in [-0.3, -0.25) is 14.3 Å². The Kier molecular flexibility index (Phi) is 7.24. The Morgan fingerprint density at radius 2 is 1.82 bits per heavy atom. The molecule has 1 aliphatic rings. The molecule has 0 unspecified atom stereocenters. The Hall–Kier alpha value is -2.72. The Labute approximate surface area is 206 Å². The van der Waals surface area contributed by atoms with E-state index in [9.17, 15) is 4.79 Å². The molecule has 1 fully saturated rings. The second-order valence-corrected chi connectivity index (χ2v) is 9.74. The third-order valence-electron chi connectivity index (χ3n) is 5.75. The summed E-state index contributed by atoms with van der Waals surface area (Å²) in [6.45, 7) is 7.07. The van der Waals surface area contributed by atoms with Gasteiger partial charge in [0.2, 0.25) is 0 Å². The van der Waals surface area contributed by atoms with Crippen LogP contribution in [0.3, 0.4) is 0 Å². The Bertz CT molecular complexity index is 1280. The summed E-state index contributed by atoms with van der Waals surface area (Å²) in [5.41, 5.74) is 0.958. The second-order valence-electron chi connectivity index (χ2n) is 7.93. The topological polar surface area (TPSA) is 65.8 Å². The lowest BCUT2D eigenvalue weighted by molar-refractivity contribution is 0.0323. The number of aromatic nitrogens is 2. The maximum atomic E-state index is 13.7. The zero-order chi connectivity index (χ0) is 23.3. The largest absolute Gasteiger partial charge is 0.494 e. The molecule has 1 saturated heterocycles. The average molecular weight is 498 g/mol. The molecule has 0 aliphatic carbocycles. The number of morpholine rings is 1. The van der Waals surface area contributed by atoms with Crippen molar-refractivity contribution in [2.45, 2.75) is 20.0 Å². The van der Waals surface area contributed by atoms with Gasteiger partial charge in [-0.2, -0.15) is 0 Å². The molecule has 1 aliphatic heterocycles. The zero-order valence-corrected chi connectivity index (χ0v) is 20.7. The van der Waals surface area contributed by atoms with Crippen LogP contribution in [-0.2, 0) is 17.8 Å². The predicted molar refractivity (Wildman–Crippen MR) is 136 cm³/mol. The molecule has 0 bridgehead atoms. The summed E-state index contributed by atoms with van der Waals surface area (Å²) < 4.78 is 18.7. The van der Waals surface area contributed by atoms with E-state index in [-0.39, 0.29) is 5.56 Å². The molecule has 0 spiro atoms. The lowest BCUT2D eigenvalue weighted by Crippen LogP contribution is -2.38. The van der Waals surface area contributed by atoms with Gasteiger partial charge >= 0.3 is 0 Å². The molecule has 0 radical (unpaired) electrons. The maximum absolute atomic E-state index is 13.7. The van der Waals surface area contributed by atoms with E-state index in [0.717, 1.165) is 45.7 Å². The summed E-state index contributed by atoms with van der Waals surface area (Å²) in [7, 11) is 0. The third-order valence-corrected chi connectivity index (χ3v) is 7.52. The van der Waals surface area contributed by atoms with E-state index in [1.54, 1.807) is 15.9 Å². The van der Waals surface area contributed by atoms with Gasteiger partial charge in [-0.25, -0.2) is 4.98 Å². The monoisotopic (exact) mass is 497 g/mol. The van der Waals surface area contributed by atoms with Crippen LogP contribution in [0.2, 0.25) is 0 Å². The standard InChI is InChI=1S/C25H27N3O4S2/c1-2-31-18-5-7-19(8-6-18)32-14-11-28-22(16-27-9-12-30-13-10-27)26-24-23(25(28)29)20(17-34-24)21-4-3-15-33-21/h3-8,15,17H,2,9-14,16H2,1H3. The van der Waals surface area contributed by atoms with Crippen molar-refractivity contribution in [2.24, 2.45) is 0 Å². The van der Waals surface area contributed by atoms with Gasteiger partial charge in [0, 0.05) is 28.9 Å². The summed E-state index contributed by atoms with van der Waals surface area (Å²) in [6, 6.07) is 11.6. The fourth-order valence-electron chi connectivity index (χ4n) is 4.04. The molecule has 0 N–H and O–H groups in total. The van der Waals surface area contributed by atoms with Crippen LogP contribution < -0.4 is 15.0 Å². The van der Waals surface area contributed by atoms with Gasteiger partial charge in [-0.15, -0.1) is 22.7 Å². The fraction of sp³-hybridized carbons (Fsp3) is 0.360. The van der Waals surface area contributed by atoms with Gasteiger partial charge in [0.05, 0.1) is 38.3 Å². The highest BCUT2D eigenvalue weighted by molar-refractivity contribution is 7.18. The SMILES string of the molecule is CCOc1ccc(OCCn2c(CN3CCOCC3)nc3scc(-c4cccs4)c3c2=O)cc1. The van der Waals surface area contributed by atoms with E-state index in [2.05, 4.69) is 4.90 Å². The van der Waals surface area contributed by atoms with Crippen LogP contribution >= 0.6 is 22.7 Å². The normalized spacial score (nSPS) is 14.5. The Morgan fingerprint density at radius 3 is 2.53 bits per heavy atom. The minimum atomic E-state index is -0.00629. The summed E-state index contributed by atoms with van der Waals surface area (Å²) >= 11 is 3.17. The van der Waals surface area contributed by atoms with Crippen LogP contribution in [0, 0.1) is 0 Å². The molecule has 3 aromatic heterocycles. The van der Waals surface area contributed by atoms with E-state index >= 15 is 0 Å². The van der Waals surface area contributed by atoms with Gasteiger partial charge < -0.3 is 14.2 Å². The highest BCUT2D eigenvalue weighted by Gasteiger charge is 2.20. The van der Waals surface area contributed by atoms with Crippen LogP contribution in [-0.4, -0.2) is 54.0 Å². The number of thiophene rings is 2. The molecule has 9 heteroatoms. The summed E-state index contributed by atoms with van der Waals surface area (Å²) in [6.07, 6.45) is 0. The molecule has 1 aromatic carbocycles. The second kappa shape index (κ2) is 10.7. The number of ether oxygens (including phenoxy) is 3. The molecule has 4 aromatic rings. The molecule has 4 heterocycles. The van der Waals surface area contributed by atoms with Crippen molar-refractivity contribution >= 4 is 32.9 Å². The molecule has 0 saturated carbocycles. The number of hydrogen-bond acceptors (Lipinski definition) is 8. The van der Waals surface area contributed by atoms with Crippen LogP contribution in [0.1, 0.15) is 12.7 Å². The summed E-state index contributed by atoms with van der Waals surface area (Å²) in [5.74, 6) is 2.33. The smallest absolute Gasteiger partial charge is 0.263 e. The maximum Gasteiger partial charge on any atom is 0.263 e. The van der Waals surface area contributed by atoms with E-state index in [0.29, 0.717) is 44.9 Å². The van der Waals surface area contributed by atoms with Gasteiger partial charge in [0.15, 0.2) is 0 Å². The van der Waals surface area contributed by atoms with Crippen molar-refractivity contribution in [3.63, 3.8) is 0 Å². The van der Waals surface area contributed by atoms with E-state index < -0.39 is 0 Å². The third kappa shape index (κ3) is 5.02. The first-order valence-corrected chi connectivity index (χ1v) is 13.2. The van der Waals surface area contributed by atoms with Crippen molar-refractivity contribution in [1.82, 2.24) is 14.5 Å². The number of benzene rings is 1. The van der Waals surface area contributed by atoms with Crippen LogP contribution in [0.15, 0.2) is 52.0 Å². The molecular formula is C25H27N3O4S2.